The van der Waals surface area contributed by atoms with Crippen molar-refractivity contribution >= 4 is 5.91 Å². The number of amides is 1. The van der Waals surface area contributed by atoms with Crippen molar-refractivity contribution in [3.8, 4) is 5.75 Å². The van der Waals surface area contributed by atoms with E-state index in [2.05, 4.69) is 15.5 Å². The topological polar surface area (TPSA) is 73.1 Å². The number of hydrogen-bond donors (Lipinski definition) is 0. The monoisotopic (exact) mass is 333 g/mol. The molecular weight excluding hydrogens is 313 g/mol. The molecule has 1 amide bonds. The average molecular weight is 333 g/mol. The fraction of sp³-hybridized carbons (Fsp3) is 0.500. The lowest BCUT2D eigenvalue weighted by molar-refractivity contribution is -0.133. The Labute approximate surface area is 139 Å². The number of tetrazole rings is 1. The Kier molecular flexibility index (Phi) is 5.35. The zero-order valence-electron chi connectivity index (χ0n) is 13.3. The second-order valence-corrected chi connectivity index (χ2v) is 5.94. The SMILES string of the molecule is O=C(CCn1cnnn1)N1CCC[C@@H](COc2ccc(F)cc2)C1. The van der Waals surface area contributed by atoms with Crippen LogP contribution >= 0.6 is 0 Å². The number of nitrogens with zero attached hydrogens (tertiary/aromatic N) is 5. The van der Waals surface area contributed by atoms with E-state index in [1.165, 1.54) is 18.5 Å². The van der Waals surface area contributed by atoms with Crippen LogP contribution in [0.1, 0.15) is 19.3 Å². The number of carbonyl (C=O) groups excluding carboxylic acids is 1. The lowest BCUT2D eigenvalue weighted by Gasteiger charge is -2.32. The highest BCUT2D eigenvalue weighted by Gasteiger charge is 2.24. The Balaban J connectivity index is 1.45. The fourth-order valence-electron chi connectivity index (χ4n) is 2.82. The van der Waals surface area contributed by atoms with Gasteiger partial charge in [0.2, 0.25) is 5.91 Å². The van der Waals surface area contributed by atoms with E-state index in [-0.39, 0.29) is 11.7 Å². The maximum Gasteiger partial charge on any atom is 0.224 e. The zero-order valence-corrected chi connectivity index (χ0v) is 13.3. The molecule has 1 aliphatic heterocycles. The number of aromatic nitrogens is 4. The van der Waals surface area contributed by atoms with Crippen molar-refractivity contribution in [1.82, 2.24) is 25.1 Å². The summed E-state index contributed by atoms with van der Waals surface area (Å²) in [4.78, 5) is 14.2. The van der Waals surface area contributed by atoms with Crippen LogP contribution in [0.15, 0.2) is 30.6 Å². The molecule has 0 aliphatic carbocycles. The summed E-state index contributed by atoms with van der Waals surface area (Å²) in [5.41, 5.74) is 0. The van der Waals surface area contributed by atoms with Crippen LogP contribution in [0.25, 0.3) is 0 Å². The maximum atomic E-state index is 12.9. The van der Waals surface area contributed by atoms with Gasteiger partial charge in [-0.15, -0.1) is 5.10 Å². The van der Waals surface area contributed by atoms with Gasteiger partial charge in [-0.3, -0.25) is 4.79 Å². The third-order valence-electron chi connectivity index (χ3n) is 4.12. The second-order valence-electron chi connectivity index (χ2n) is 5.94. The molecule has 1 aromatic carbocycles. The second kappa shape index (κ2) is 7.85. The van der Waals surface area contributed by atoms with Crippen LogP contribution in [0.3, 0.4) is 0 Å². The van der Waals surface area contributed by atoms with Gasteiger partial charge >= 0.3 is 0 Å². The summed E-state index contributed by atoms with van der Waals surface area (Å²) in [6.07, 6.45) is 3.88. The Morgan fingerprint density at radius 3 is 2.92 bits per heavy atom. The van der Waals surface area contributed by atoms with Crippen molar-refractivity contribution in [2.24, 2.45) is 5.92 Å². The van der Waals surface area contributed by atoms with Gasteiger partial charge in [0, 0.05) is 25.4 Å². The molecule has 8 heteroatoms. The van der Waals surface area contributed by atoms with Crippen molar-refractivity contribution < 1.29 is 13.9 Å². The predicted molar refractivity (Wildman–Crippen MR) is 83.6 cm³/mol. The molecule has 0 spiro atoms. The molecule has 1 aromatic heterocycles. The average Bonchev–Trinajstić information content (AvgIpc) is 3.13. The molecule has 2 aromatic rings. The number of aryl methyl sites for hydroxylation is 1. The van der Waals surface area contributed by atoms with Gasteiger partial charge in [-0.25, -0.2) is 9.07 Å². The van der Waals surface area contributed by atoms with Crippen LogP contribution in [0.2, 0.25) is 0 Å². The van der Waals surface area contributed by atoms with Gasteiger partial charge in [0.15, 0.2) is 0 Å². The van der Waals surface area contributed by atoms with E-state index in [0.29, 0.717) is 37.8 Å². The third kappa shape index (κ3) is 4.50. The number of benzene rings is 1. The first-order valence-corrected chi connectivity index (χ1v) is 8.07. The van der Waals surface area contributed by atoms with E-state index in [4.69, 9.17) is 4.74 Å². The Morgan fingerprint density at radius 2 is 2.17 bits per heavy atom. The van der Waals surface area contributed by atoms with Crippen LogP contribution in [0.4, 0.5) is 4.39 Å². The Morgan fingerprint density at radius 1 is 1.33 bits per heavy atom. The summed E-state index contributed by atoms with van der Waals surface area (Å²) in [6, 6.07) is 6.00. The van der Waals surface area contributed by atoms with Crippen LogP contribution in [-0.2, 0) is 11.3 Å². The van der Waals surface area contributed by atoms with Crippen LogP contribution in [0, 0.1) is 11.7 Å². The van der Waals surface area contributed by atoms with Crippen LogP contribution < -0.4 is 4.74 Å². The van der Waals surface area contributed by atoms with Crippen molar-refractivity contribution in [2.45, 2.75) is 25.8 Å². The van der Waals surface area contributed by atoms with Gasteiger partial charge in [0.05, 0.1) is 13.2 Å². The summed E-state index contributed by atoms with van der Waals surface area (Å²) in [5, 5.41) is 10.9. The number of ether oxygens (including phenoxy) is 1. The van der Waals surface area contributed by atoms with Crippen molar-refractivity contribution in [1.29, 1.82) is 0 Å². The fourth-order valence-corrected chi connectivity index (χ4v) is 2.82. The smallest absolute Gasteiger partial charge is 0.224 e. The Bertz CT molecular complexity index is 647. The quantitative estimate of drug-likeness (QED) is 0.801. The maximum absolute atomic E-state index is 12.9. The summed E-state index contributed by atoms with van der Waals surface area (Å²) in [5.74, 6) is 0.774. The van der Waals surface area contributed by atoms with E-state index in [0.717, 1.165) is 19.4 Å². The lowest BCUT2D eigenvalue weighted by Crippen LogP contribution is -2.41. The summed E-state index contributed by atoms with van der Waals surface area (Å²) >= 11 is 0. The van der Waals surface area contributed by atoms with E-state index >= 15 is 0 Å². The summed E-state index contributed by atoms with van der Waals surface area (Å²) < 4.78 is 20.1. The first-order valence-electron chi connectivity index (χ1n) is 8.07. The van der Waals surface area contributed by atoms with Crippen LogP contribution in [0.5, 0.6) is 5.75 Å². The van der Waals surface area contributed by atoms with E-state index in [9.17, 15) is 9.18 Å². The van der Waals surface area contributed by atoms with Crippen molar-refractivity contribution in [3.05, 3.63) is 36.4 Å². The highest BCUT2D eigenvalue weighted by Crippen LogP contribution is 2.19. The number of hydrogen-bond acceptors (Lipinski definition) is 5. The first kappa shape index (κ1) is 16.4. The highest BCUT2D eigenvalue weighted by molar-refractivity contribution is 5.76. The van der Waals surface area contributed by atoms with Gasteiger partial charge in [0.1, 0.15) is 17.9 Å². The van der Waals surface area contributed by atoms with Crippen molar-refractivity contribution in [3.63, 3.8) is 0 Å². The lowest BCUT2D eigenvalue weighted by atomic mass is 9.98. The first-order chi connectivity index (χ1) is 11.7. The number of halogens is 1. The normalized spacial score (nSPS) is 17.7. The number of carbonyl (C=O) groups is 1. The molecule has 3 rings (SSSR count). The molecule has 128 valence electrons. The largest absolute Gasteiger partial charge is 0.493 e. The van der Waals surface area contributed by atoms with Crippen LogP contribution in [-0.4, -0.2) is 50.7 Å². The van der Waals surface area contributed by atoms with Gasteiger partial charge < -0.3 is 9.64 Å². The van der Waals surface area contributed by atoms with Gasteiger partial charge in [-0.2, -0.15) is 0 Å². The van der Waals surface area contributed by atoms with Gasteiger partial charge in [0.25, 0.3) is 0 Å². The summed E-state index contributed by atoms with van der Waals surface area (Å²) in [6.45, 7) is 2.48. The molecule has 1 fully saturated rings. The van der Waals surface area contributed by atoms with E-state index in [1.54, 1.807) is 16.8 Å². The van der Waals surface area contributed by atoms with Gasteiger partial charge in [-0.1, -0.05) is 0 Å². The molecule has 0 bridgehead atoms. The molecule has 0 unspecified atom stereocenters. The number of likely N-dealkylation sites (tertiary alicyclic amines) is 1. The molecule has 1 atom stereocenters. The molecule has 7 nitrogen and oxygen atoms in total. The molecule has 24 heavy (non-hydrogen) atoms. The zero-order chi connectivity index (χ0) is 16.8. The highest BCUT2D eigenvalue weighted by atomic mass is 19.1. The van der Waals surface area contributed by atoms with E-state index in [1.807, 2.05) is 4.90 Å². The Hall–Kier alpha value is -2.51. The van der Waals surface area contributed by atoms with Crippen molar-refractivity contribution in [2.75, 3.05) is 19.7 Å². The van der Waals surface area contributed by atoms with E-state index < -0.39 is 0 Å². The minimum absolute atomic E-state index is 0.108. The molecule has 1 saturated heterocycles. The molecule has 2 heterocycles. The summed E-state index contributed by atoms with van der Waals surface area (Å²) in [7, 11) is 0. The standard InChI is InChI=1S/C16H20FN5O2/c17-14-3-5-15(6-4-14)24-11-13-2-1-8-21(10-13)16(23)7-9-22-12-18-19-20-22/h3-6,12-13H,1-2,7-11H2/t13-/m1/s1. The number of piperidine rings is 1. The molecule has 0 N–H and O–H groups in total. The molecule has 1 aliphatic rings. The minimum Gasteiger partial charge on any atom is -0.493 e. The number of rotatable bonds is 6. The molecule has 0 saturated carbocycles. The predicted octanol–water partition coefficient (Wildman–Crippen LogP) is 1.52. The molecular formula is C16H20FN5O2. The van der Waals surface area contributed by atoms with Gasteiger partial charge in [-0.05, 0) is 47.5 Å². The minimum atomic E-state index is -0.278. The molecule has 0 radical (unpaired) electrons. The third-order valence-corrected chi connectivity index (χ3v) is 4.12.